The van der Waals surface area contributed by atoms with Crippen LogP contribution in [0.5, 0.6) is 0 Å². The Hall–Kier alpha value is -1.07. The van der Waals surface area contributed by atoms with E-state index in [1.54, 1.807) is 0 Å². The summed E-state index contributed by atoms with van der Waals surface area (Å²) in [5, 5.41) is 6.42. The molecule has 0 saturated carbocycles. The summed E-state index contributed by atoms with van der Waals surface area (Å²) in [6.07, 6.45) is 1.56. The van der Waals surface area contributed by atoms with Gasteiger partial charge in [-0.15, -0.1) is 0 Å². The number of halogens is 1. The highest BCUT2D eigenvalue weighted by atomic mass is 79.9. The maximum atomic E-state index is 12.4. The summed E-state index contributed by atoms with van der Waals surface area (Å²) in [5.74, 6) is 0.111. The highest BCUT2D eigenvalue weighted by Crippen LogP contribution is 2.37. The number of anilines is 2. The lowest BCUT2D eigenvalue weighted by Crippen LogP contribution is -2.44. The molecular formula is C13H15BrN2O2. The van der Waals surface area contributed by atoms with Crippen LogP contribution >= 0.6 is 15.9 Å². The van der Waals surface area contributed by atoms with Gasteiger partial charge >= 0.3 is 0 Å². The lowest BCUT2D eigenvalue weighted by Gasteiger charge is -2.34. The van der Waals surface area contributed by atoms with Crippen molar-refractivity contribution in [2.75, 3.05) is 30.4 Å². The Bertz CT molecular complexity index is 484. The van der Waals surface area contributed by atoms with Crippen LogP contribution in [-0.2, 0) is 9.53 Å². The molecule has 1 amide bonds. The van der Waals surface area contributed by atoms with Gasteiger partial charge in [0.05, 0.1) is 16.8 Å². The molecule has 1 spiro atoms. The van der Waals surface area contributed by atoms with Crippen molar-refractivity contribution in [2.24, 2.45) is 5.41 Å². The summed E-state index contributed by atoms with van der Waals surface area (Å²) in [6.45, 7) is 2.00. The fourth-order valence-corrected chi connectivity index (χ4v) is 2.90. The molecule has 5 heteroatoms. The van der Waals surface area contributed by atoms with E-state index in [2.05, 4.69) is 26.6 Å². The van der Waals surface area contributed by atoms with Crippen molar-refractivity contribution in [1.29, 1.82) is 0 Å². The van der Waals surface area contributed by atoms with Gasteiger partial charge in [0.1, 0.15) is 0 Å². The Kier molecular flexibility index (Phi) is 3.03. The van der Waals surface area contributed by atoms with Gasteiger partial charge in [-0.2, -0.15) is 0 Å². The second-order valence-corrected chi connectivity index (χ2v) is 5.81. The zero-order valence-electron chi connectivity index (χ0n) is 9.96. The first-order chi connectivity index (χ1) is 8.70. The number of benzene rings is 1. The van der Waals surface area contributed by atoms with Gasteiger partial charge in [-0.05, 0) is 31.0 Å². The van der Waals surface area contributed by atoms with Gasteiger partial charge in [-0.25, -0.2) is 0 Å². The van der Waals surface area contributed by atoms with Gasteiger partial charge in [0, 0.05) is 24.2 Å². The maximum Gasteiger partial charge on any atom is 0.232 e. The molecule has 0 atom stereocenters. The van der Waals surface area contributed by atoms with Crippen LogP contribution in [0.4, 0.5) is 11.4 Å². The number of ether oxygens (including phenoxy) is 1. The van der Waals surface area contributed by atoms with Crippen molar-refractivity contribution in [3.05, 3.63) is 22.7 Å². The van der Waals surface area contributed by atoms with E-state index in [0.29, 0.717) is 19.8 Å². The van der Waals surface area contributed by atoms with Crippen molar-refractivity contribution < 1.29 is 9.53 Å². The van der Waals surface area contributed by atoms with E-state index >= 15 is 0 Å². The molecule has 0 aromatic heterocycles. The number of carbonyl (C=O) groups excluding carboxylic acids is 1. The predicted octanol–water partition coefficient (Wildman–Crippen LogP) is 2.61. The van der Waals surface area contributed by atoms with E-state index in [1.165, 1.54) is 0 Å². The normalized spacial score (nSPS) is 21.7. The minimum atomic E-state index is -0.330. The van der Waals surface area contributed by atoms with Crippen molar-refractivity contribution in [1.82, 2.24) is 0 Å². The predicted molar refractivity (Wildman–Crippen MR) is 73.7 cm³/mol. The summed E-state index contributed by atoms with van der Waals surface area (Å²) < 4.78 is 6.37. The maximum absolute atomic E-state index is 12.4. The molecule has 1 aromatic rings. The van der Waals surface area contributed by atoms with Crippen LogP contribution in [0.25, 0.3) is 0 Å². The van der Waals surface area contributed by atoms with E-state index in [9.17, 15) is 4.79 Å². The number of hydrogen-bond acceptors (Lipinski definition) is 3. The van der Waals surface area contributed by atoms with Crippen molar-refractivity contribution in [3.8, 4) is 0 Å². The molecule has 2 N–H and O–H groups in total. The van der Waals surface area contributed by atoms with Gasteiger partial charge in [-0.3, -0.25) is 4.79 Å². The number of nitrogens with one attached hydrogen (secondary N) is 2. The highest BCUT2D eigenvalue weighted by molar-refractivity contribution is 9.10. The van der Waals surface area contributed by atoms with Crippen LogP contribution in [0.15, 0.2) is 22.7 Å². The molecule has 0 radical (unpaired) electrons. The molecule has 0 aliphatic carbocycles. The molecule has 4 nitrogen and oxygen atoms in total. The number of rotatable bonds is 0. The first-order valence-corrected chi connectivity index (χ1v) is 6.92. The first kappa shape index (κ1) is 12.0. The fourth-order valence-electron chi connectivity index (χ4n) is 2.54. The van der Waals surface area contributed by atoms with E-state index in [0.717, 1.165) is 28.7 Å². The summed E-state index contributed by atoms with van der Waals surface area (Å²) in [6, 6.07) is 5.85. The Morgan fingerprint density at radius 3 is 2.78 bits per heavy atom. The molecule has 2 aliphatic rings. The number of amides is 1. The standard InChI is InChI=1S/C13H15BrN2O2/c14-9-1-2-10-11(7-9)15-8-13(12(17)16-10)3-5-18-6-4-13/h1-2,7,15H,3-6,8H2,(H,16,17). The minimum Gasteiger partial charge on any atom is -0.382 e. The zero-order chi connectivity index (χ0) is 12.6. The molecule has 18 heavy (non-hydrogen) atoms. The molecule has 3 rings (SSSR count). The fraction of sp³-hybridized carbons (Fsp3) is 0.462. The minimum absolute atomic E-state index is 0.111. The van der Waals surface area contributed by atoms with E-state index in [4.69, 9.17) is 4.74 Å². The molecule has 0 bridgehead atoms. The van der Waals surface area contributed by atoms with Crippen molar-refractivity contribution in [3.63, 3.8) is 0 Å². The van der Waals surface area contributed by atoms with E-state index in [-0.39, 0.29) is 11.3 Å². The van der Waals surface area contributed by atoms with Gasteiger partial charge in [-0.1, -0.05) is 15.9 Å². The third-order valence-corrected chi connectivity index (χ3v) is 4.27. The highest BCUT2D eigenvalue weighted by Gasteiger charge is 2.41. The summed E-state index contributed by atoms with van der Waals surface area (Å²) in [4.78, 5) is 12.4. The third-order valence-electron chi connectivity index (χ3n) is 3.78. The number of hydrogen-bond donors (Lipinski definition) is 2. The van der Waals surface area contributed by atoms with Gasteiger partial charge in [0.15, 0.2) is 0 Å². The molecule has 1 aromatic carbocycles. The zero-order valence-corrected chi connectivity index (χ0v) is 11.5. The van der Waals surface area contributed by atoms with Crippen LogP contribution in [0, 0.1) is 5.41 Å². The average molecular weight is 311 g/mol. The third kappa shape index (κ3) is 2.01. The monoisotopic (exact) mass is 310 g/mol. The lowest BCUT2D eigenvalue weighted by atomic mass is 9.79. The Morgan fingerprint density at radius 2 is 2.00 bits per heavy atom. The average Bonchev–Trinajstić information content (AvgIpc) is 2.51. The first-order valence-electron chi connectivity index (χ1n) is 6.12. The largest absolute Gasteiger partial charge is 0.382 e. The molecule has 0 unspecified atom stereocenters. The number of fused-ring (bicyclic) bond motifs is 1. The van der Waals surface area contributed by atoms with E-state index in [1.807, 2.05) is 18.2 Å². The van der Waals surface area contributed by atoms with Crippen molar-refractivity contribution >= 4 is 33.2 Å². The Morgan fingerprint density at radius 1 is 1.22 bits per heavy atom. The lowest BCUT2D eigenvalue weighted by molar-refractivity contribution is -0.129. The van der Waals surface area contributed by atoms with Gasteiger partial charge in [0.25, 0.3) is 0 Å². The summed E-state index contributed by atoms with van der Waals surface area (Å²) >= 11 is 3.45. The Balaban J connectivity index is 1.92. The topological polar surface area (TPSA) is 50.4 Å². The second kappa shape index (κ2) is 4.55. The van der Waals surface area contributed by atoms with Crippen LogP contribution in [0.3, 0.4) is 0 Å². The molecule has 2 aliphatic heterocycles. The van der Waals surface area contributed by atoms with Gasteiger partial charge < -0.3 is 15.4 Å². The number of carbonyl (C=O) groups is 1. The van der Waals surface area contributed by atoms with Crippen LogP contribution in [-0.4, -0.2) is 25.7 Å². The van der Waals surface area contributed by atoms with Crippen LogP contribution in [0.2, 0.25) is 0 Å². The molecular weight excluding hydrogens is 296 g/mol. The molecule has 1 fully saturated rings. The van der Waals surface area contributed by atoms with Gasteiger partial charge in [0.2, 0.25) is 5.91 Å². The molecule has 2 heterocycles. The summed E-state index contributed by atoms with van der Waals surface area (Å²) in [5.41, 5.74) is 1.50. The van der Waals surface area contributed by atoms with Crippen LogP contribution < -0.4 is 10.6 Å². The SMILES string of the molecule is O=C1Nc2ccc(Br)cc2NCC12CCOCC2. The smallest absolute Gasteiger partial charge is 0.232 e. The van der Waals surface area contributed by atoms with Crippen molar-refractivity contribution in [2.45, 2.75) is 12.8 Å². The second-order valence-electron chi connectivity index (χ2n) is 4.89. The Labute approximate surface area is 114 Å². The quantitative estimate of drug-likeness (QED) is 0.774. The molecule has 1 saturated heterocycles. The summed E-state index contributed by atoms with van der Waals surface area (Å²) in [7, 11) is 0. The molecule has 96 valence electrons. The van der Waals surface area contributed by atoms with Crippen LogP contribution in [0.1, 0.15) is 12.8 Å². The van der Waals surface area contributed by atoms with E-state index < -0.39 is 0 Å².